The molecule has 0 heterocycles. The molecule has 1 atom stereocenters. The van der Waals surface area contributed by atoms with Gasteiger partial charge in [0.25, 0.3) is 0 Å². The first kappa shape index (κ1) is 14.6. The highest BCUT2D eigenvalue weighted by atomic mass is 14.9. The standard InChI is InChI=1S/C18H29N/c1-13-6-7-16(12-14(13)2)17(19-5)15-8-10-18(3,4)11-9-15/h6-7,12,15,17,19H,8-11H2,1-5H3. The van der Waals surface area contributed by atoms with Crippen LogP contribution in [0.3, 0.4) is 0 Å². The minimum absolute atomic E-state index is 0.524. The lowest BCUT2D eigenvalue weighted by molar-refractivity contribution is 0.164. The summed E-state index contributed by atoms with van der Waals surface area (Å²) in [6, 6.07) is 7.47. The van der Waals surface area contributed by atoms with Crippen LogP contribution in [0.15, 0.2) is 18.2 Å². The molecule has 1 saturated carbocycles. The van der Waals surface area contributed by atoms with E-state index >= 15 is 0 Å². The molecule has 1 nitrogen and oxygen atoms in total. The second-order valence-corrected chi connectivity index (χ2v) is 7.11. The van der Waals surface area contributed by atoms with Gasteiger partial charge in [0.2, 0.25) is 0 Å². The second-order valence-electron chi connectivity index (χ2n) is 7.11. The Labute approximate surface area is 118 Å². The van der Waals surface area contributed by atoms with Gasteiger partial charge in [-0.1, -0.05) is 32.0 Å². The van der Waals surface area contributed by atoms with Gasteiger partial charge in [-0.2, -0.15) is 0 Å². The molecule has 1 aliphatic carbocycles. The number of nitrogens with one attached hydrogen (secondary N) is 1. The van der Waals surface area contributed by atoms with Crippen molar-refractivity contribution in [1.29, 1.82) is 0 Å². The fourth-order valence-corrected chi connectivity index (χ4v) is 3.39. The van der Waals surface area contributed by atoms with Crippen LogP contribution in [0, 0.1) is 25.2 Å². The lowest BCUT2D eigenvalue weighted by atomic mass is 9.70. The summed E-state index contributed by atoms with van der Waals surface area (Å²) in [7, 11) is 2.11. The summed E-state index contributed by atoms with van der Waals surface area (Å²) < 4.78 is 0. The summed E-state index contributed by atoms with van der Waals surface area (Å²) in [6.45, 7) is 9.23. The number of benzene rings is 1. The van der Waals surface area contributed by atoms with Gasteiger partial charge in [0, 0.05) is 6.04 Å². The molecule has 19 heavy (non-hydrogen) atoms. The highest BCUT2D eigenvalue weighted by Gasteiger charge is 2.31. The summed E-state index contributed by atoms with van der Waals surface area (Å²) in [6.07, 6.45) is 5.43. The van der Waals surface area contributed by atoms with Crippen LogP contribution in [-0.2, 0) is 0 Å². The van der Waals surface area contributed by atoms with Crippen LogP contribution in [0.2, 0.25) is 0 Å². The average molecular weight is 259 g/mol. The molecule has 2 rings (SSSR count). The van der Waals surface area contributed by atoms with Crippen LogP contribution in [0.4, 0.5) is 0 Å². The van der Waals surface area contributed by atoms with Crippen LogP contribution in [0.25, 0.3) is 0 Å². The van der Waals surface area contributed by atoms with E-state index in [0.717, 1.165) is 5.92 Å². The number of rotatable bonds is 3. The smallest absolute Gasteiger partial charge is 0.0346 e. The molecule has 106 valence electrons. The van der Waals surface area contributed by atoms with E-state index in [-0.39, 0.29) is 0 Å². The van der Waals surface area contributed by atoms with Gasteiger partial charge in [0.15, 0.2) is 0 Å². The van der Waals surface area contributed by atoms with Crippen molar-refractivity contribution in [1.82, 2.24) is 5.32 Å². The van der Waals surface area contributed by atoms with Gasteiger partial charge in [-0.25, -0.2) is 0 Å². The molecule has 1 aromatic carbocycles. The SMILES string of the molecule is CNC(c1ccc(C)c(C)c1)C1CCC(C)(C)CC1. The van der Waals surface area contributed by atoms with Gasteiger partial charge < -0.3 is 5.32 Å². The number of hydrogen-bond donors (Lipinski definition) is 1. The van der Waals surface area contributed by atoms with Crippen LogP contribution >= 0.6 is 0 Å². The molecule has 0 saturated heterocycles. The second kappa shape index (κ2) is 5.66. The summed E-state index contributed by atoms with van der Waals surface area (Å²) in [5.41, 5.74) is 4.82. The van der Waals surface area contributed by atoms with E-state index < -0.39 is 0 Å². The molecule has 0 aliphatic heterocycles. The van der Waals surface area contributed by atoms with E-state index in [0.29, 0.717) is 11.5 Å². The van der Waals surface area contributed by atoms with Crippen molar-refractivity contribution in [2.75, 3.05) is 7.05 Å². The minimum atomic E-state index is 0.524. The van der Waals surface area contributed by atoms with Gasteiger partial charge in [-0.3, -0.25) is 0 Å². The predicted octanol–water partition coefficient (Wildman–Crippen LogP) is 4.78. The monoisotopic (exact) mass is 259 g/mol. The van der Waals surface area contributed by atoms with Gasteiger partial charge in [-0.05, 0) is 74.6 Å². The van der Waals surface area contributed by atoms with E-state index in [1.54, 1.807) is 0 Å². The first-order chi connectivity index (χ1) is 8.93. The molecule has 0 aromatic heterocycles. The van der Waals surface area contributed by atoms with E-state index in [2.05, 4.69) is 58.3 Å². The zero-order valence-electron chi connectivity index (χ0n) is 13.2. The molecule has 1 aromatic rings. The fraction of sp³-hybridized carbons (Fsp3) is 0.667. The Bertz CT molecular complexity index is 423. The molecule has 0 radical (unpaired) electrons. The Morgan fingerprint density at radius 3 is 2.26 bits per heavy atom. The first-order valence-corrected chi connectivity index (χ1v) is 7.67. The normalized spacial score (nSPS) is 21.3. The van der Waals surface area contributed by atoms with Crippen LogP contribution < -0.4 is 5.32 Å². The topological polar surface area (TPSA) is 12.0 Å². The summed E-state index contributed by atoms with van der Waals surface area (Å²) in [4.78, 5) is 0. The molecular weight excluding hydrogens is 230 g/mol. The maximum Gasteiger partial charge on any atom is 0.0346 e. The average Bonchev–Trinajstić information content (AvgIpc) is 2.36. The first-order valence-electron chi connectivity index (χ1n) is 7.67. The molecule has 1 heteroatoms. The van der Waals surface area contributed by atoms with Crippen molar-refractivity contribution < 1.29 is 0 Å². The van der Waals surface area contributed by atoms with E-state index in [1.807, 2.05) is 0 Å². The Hall–Kier alpha value is -0.820. The third kappa shape index (κ3) is 3.39. The summed E-state index contributed by atoms with van der Waals surface area (Å²) >= 11 is 0. The van der Waals surface area contributed by atoms with E-state index in [9.17, 15) is 0 Å². The molecule has 1 aliphatic rings. The summed E-state index contributed by atoms with van der Waals surface area (Å²) in [5.74, 6) is 0.792. The quantitative estimate of drug-likeness (QED) is 0.823. The number of hydrogen-bond acceptors (Lipinski definition) is 1. The van der Waals surface area contributed by atoms with E-state index in [4.69, 9.17) is 0 Å². The molecule has 1 unspecified atom stereocenters. The molecule has 1 fully saturated rings. The van der Waals surface area contributed by atoms with Gasteiger partial charge >= 0.3 is 0 Å². The highest BCUT2D eigenvalue weighted by molar-refractivity contribution is 5.32. The van der Waals surface area contributed by atoms with Crippen LogP contribution in [-0.4, -0.2) is 7.05 Å². The van der Waals surface area contributed by atoms with Crippen molar-refractivity contribution in [3.05, 3.63) is 34.9 Å². The predicted molar refractivity (Wildman–Crippen MR) is 83.5 cm³/mol. The molecule has 0 bridgehead atoms. The highest BCUT2D eigenvalue weighted by Crippen LogP contribution is 2.42. The molecular formula is C18H29N. The lowest BCUT2D eigenvalue weighted by Crippen LogP contribution is -2.31. The van der Waals surface area contributed by atoms with Crippen LogP contribution in [0.5, 0.6) is 0 Å². The fourth-order valence-electron chi connectivity index (χ4n) is 3.39. The van der Waals surface area contributed by atoms with Crippen LogP contribution in [0.1, 0.15) is 62.3 Å². The van der Waals surface area contributed by atoms with Gasteiger partial charge in [0.05, 0.1) is 0 Å². The van der Waals surface area contributed by atoms with Crippen molar-refractivity contribution in [2.45, 2.75) is 59.4 Å². The zero-order chi connectivity index (χ0) is 14.0. The Balaban J connectivity index is 2.14. The lowest BCUT2D eigenvalue weighted by Gasteiger charge is -2.38. The maximum absolute atomic E-state index is 3.56. The van der Waals surface area contributed by atoms with E-state index in [1.165, 1.54) is 42.4 Å². The molecule has 0 amide bonds. The molecule has 1 N–H and O–H groups in total. The molecule has 0 spiro atoms. The van der Waals surface area contributed by atoms with Crippen molar-refractivity contribution >= 4 is 0 Å². The van der Waals surface area contributed by atoms with Crippen molar-refractivity contribution in [2.24, 2.45) is 11.3 Å². The van der Waals surface area contributed by atoms with Crippen molar-refractivity contribution in [3.63, 3.8) is 0 Å². The maximum atomic E-state index is 3.56. The third-order valence-corrected chi connectivity index (χ3v) is 5.06. The largest absolute Gasteiger partial charge is 0.313 e. The third-order valence-electron chi connectivity index (χ3n) is 5.06. The van der Waals surface area contributed by atoms with Crippen molar-refractivity contribution in [3.8, 4) is 0 Å². The Morgan fingerprint density at radius 2 is 1.74 bits per heavy atom. The number of aryl methyl sites for hydroxylation is 2. The zero-order valence-corrected chi connectivity index (χ0v) is 13.2. The minimum Gasteiger partial charge on any atom is -0.313 e. The van der Waals surface area contributed by atoms with Gasteiger partial charge in [-0.15, -0.1) is 0 Å². The Kier molecular flexibility index (Phi) is 4.35. The van der Waals surface area contributed by atoms with Gasteiger partial charge in [0.1, 0.15) is 0 Å². The summed E-state index contributed by atoms with van der Waals surface area (Å²) in [5, 5.41) is 3.56. The Morgan fingerprint density at radius 1 is 1.11 bits per heavy atom.